The molecule has 36 heavy (non-hydrogen) atoms. The molecule has 0 aliphatic heterocycles. The van der Waals surface area contributed by atoms with Crippen LogP contribution in [0.2, 0.25) is 0 Å². The Kier molecular flexibility index (Phi) is 9.86. The lowest BCUT2D eigenvalue weighted by molar-refractivity contribution is -0.143. The Morgan fingerprint density at radius 3 is 2.19 bits per heavy atom. The molecule has 2 amide bonds. The Labute approximate surface area is 212 Å². The molecule has 2 atom stereocenters. The van der Waals surface area contributed by atoms with Crippen molar-refractivity contribution in [1.29, 1.82) is 0 Å². The molecule has 0 saturated heterocycles. The first-order valence-corrected chi connectivity index (χ1v) is 12.0. The first-order valence-electron chi connectivity index (χ1n) is 12.0. The molecule has 0 unspecified atom stereocenters. The van der Waals surface area contributed by atoms with Crippen LogP contribution in [0.15, 0.2) is 78.9 Å². The van der Waals surface area contributed by atoms with Gasteiger partial charge in [0.2, 0.25) is 5.91 Å². The fourth-order valence-corrected chi connectivity index (χ4v) is 3.74. The van der Waals surface area contributed by atoms with Crippen molar-refractivity contribution in [3.63, 3.8) is 0 Å². The standard InChI is InChI=1S/C29H33FN2O4/c1-4-21(2)31-29(34)25(18-22-10-6-5-7-11-22)32(19-23-14-16-24(30)17-15-23)28(33)20-36-27-13-9-8-12-26(27)35-3/h5-17,21,25H,4,18-20H2,1-3H3,(H,31,34)/t21-,25+/m1/s1. The Bertz CT molecular complexity index is 1120. The zero-order chi connectivity index (χ0) is 25.9. The number of nitrogens with zero attached hydrogens (tertiary/aromatic N) is 1. The van der Waals surface area contributed by atoms with Gasteiger partial charge in [-0.1, -0.05) is 61.5 Å². The van der Waals surface area contributed by atoms with E-state index < -0.39 is 6.04 Å². The van der Waals surface area contributed by atoms with E-state index in [2.05, 4.69) is 5.32 Å². The van der Waals surface area contributed by atoms with Gasteiger partial charge in [-0.25, -0.2) is 4.39 Å². The topological polar surface area (TPSA) is 67.9 Å². The van der Waals surface area contributed by atoms with Gasteiger partial charge in [-0.15, -0.1) is 0 Å². The average Bonchev–Trinajstić information content (AvgIpc) is 2.90. The van der Waals surface area contributed by atoms with Crippen molar-refractivity contribution < 1.29 is 23.5 Å². The lowest BCUT2D eigenvalue weighted by Gasteiger charge is -2.32. The molecule has 0 saturated carbocycles. The number of rotatable bonds is 12. The van der Waals surface area contributed by atoms with Gasteiger partial charge in [0.05, 0.1) is 7.11 Å². The molecule has 6 nitrogen and oxygen atoms in total. The molecule has 0 radical (unpaired) electrons. The summed E-state index contributed by atoms with van der Waals surface area (Å²) in [4.78, 5) is 28.5. The third-order valence-electron chi connectivity index (χ3n) is 5.96. The maximum absolute atomic E-state index is 13.6. The van der Waals surface area contributed by atoms with Crippen LogP contribution < -0.4 is 14.8 Å². The largest absolute Gasteiger partial charge is 0.493 e. The number of methoxy groups -OCH3 is 1. The highest BCUT2D eigenvalue weighted by molar-refractivity contribution is 5.88. The summed E-state index contributed by atoms with van der Waals surface area (Å²) < 4.78 is 24.7. The third-order valence-corrected chi connectivity index (χ3v) is 5.96. The number of benzene rings is 3. The van der Waals surface area contributed by atoms with Gasteiger partial charge in [-0.3, -0.25) is 9.59 Å². The molecule has 0 bridgehead atoms. The summed E-state index contributed by atoms with van der Waals surface area (Å²) in [6, 6.07) is 21.7. The highest BCUT2D eigenvalue weighted by atomic mass is 19.1. The van der Waals surface area contributed by atoms with Gasteiger partial charge in [0.25, 0.3) is 5.91 Å². The summed E-state index contributed by atoms with van der Waals surface area (Å²) >= 11 is 0. The van der Waals surface area contributed by atoms with E-state index in [1.54, 1.807) is 30.3 Å². The van der Waals surface area contributed by atoms with Gasteiger partial charge in [0.15, 0.2) is 18.1 Å². The first-order chi connectivity index (χ1) is 17.4. The monoisotopic (exact) mass is 492 g/mol. The van der Waals surface area contributed by atoms with Crippen LogP contribution in [0.4, 0.5) is 4.39 Å². The van der Waals surface area contributed by atoms with Crippen LogP contribution in [0.25, 0.3) is 0 Å². The van der Waals surface area contributed by atoms with E-state index in [-0.39, 0.29) is 36.8 Å². The number of para-hydroxylation sites is 2. The summed E-state index contributed by atoms with van der Waals surface area (Å²) in [7, 11) is 1.53. The molecule has 0 aromatic heterocycles. The van der Waals surface area contributed by atoms with Crippen LogP contribution in [0, 0.1) is 5.82 Å². The molecule has 3 rings (SSSR count). The molecule has 0 aliphatic carbocycles. The average molecular weight is 493 g/mol. The molecule has 0 heterocycles. The number of hydrogen-bond acceptors (Lipinski definition) is 4. The van der Waals surface area contributed by atoms with Crippen LogP contribution >= 0.6 is 0 Å². The van der Waals surface area contributed by atoms with E-state index in [1.807, 2.05) is 50.2 Å². The molecule has 0 spiro atoms. The van der Waals surface area contributed by atoms with Crippen LogP contribution in [-0.2, 0) is 22.6 Å². The highest BCUT2D eigenvalue weighted by Gasteiger charge is 2.31. The molecule has 7 heteroatoms. The molecule has 190 valence electrons. The molecule has 0 fully saturated rings. The predicted octanol–water partition coefficient (Wildman–Crippen LogP) is 4.77. The van der Waals surface area contributed by atoms with E-state index in [0.29, 0.717) is 23.5 Å². The van der Waals surface area contributed by atoms with Crippen molar-refractivity contribution in [2.75, 3.05) is 13.7 Å². The normalized spacial score (nSPS) is 12.3. The smallest absolute Gasteiger partial charge is 0.261 e. The van der Waals surface area contributed by atoms with Crippen LogP contribution in [0.3, 0.4) is 0 Å². The van der Waals surface area contributed by atoms with E-state index in [9.17, 15) is 14.0 Å². The Balaban J connectivity index is 1.92. The summed E-state index contributed by atoms with van der Waals surface area (Å²) in [5, 5.41) is 3.02. The van der Waals surface area contributed by atoms with Crippen LogP contribution in [0.1, 0.15) is 31.4 Å². The van der Waals surface area contributed by atoms with E-state index >= 15 is 0 Å². The van der Waals surface area contributed by atoms with Gasteiger partial charge < -0.3 is 19.7 Å². The maximum Gasteiger partial charge on any atom is 0.261 e. The van der Waals surface area contributed by atoms with Crippen molar-refractivity contribution in [2.45, 2.75) is 45.3 Å². The van der Waals surface area contributed by atoms with Gasteiger partial charge in [0.1, 0.15) is 11.9 Å². The van der Waals surface area contributed by atoms with Crippen molar-refractivity contribution in [3.8, 4) is 11.5 Å². The zero-order valence-corrected chi connectivity index (χ0v) is 20.9. The van der Waals surface area contributed by atoms with Crippen LogP contribution in [0.5, 0.6) is 11.5 Å². The Morgan fingerprint density at radius 2 is 1.56 bits per heavy atom. The highest BCUT2D eigenvalue weighted by Crippen LogP contribution is 2.26. The van der Waals surface area contributed by atoms with Gasteiger partial charge in [-0.2, -0.15) is 0 Å². The Morgan fingerprint density at radius 1 is 0.917 bits per heavy atom. The number of halogens is 1. The van der Waals surface area contributed by atoms with E-state index in [4.69, 9.17) is 9.47 Å². The summed E-state index contributed by atoms with van der Waals surface area (Å²) in [5.74, 6) is -0.0533. The number of nitrogens with one attached hydrogen (secondary N) is 1. The van der Waals surface area contributed by atoms with Crippen molar-refractivity contribution in [3.05, 3.63) is 95.8 Å². The summed E-state index contributed by atoms with van der Waals surface area (Å²) in [6.45, 7) is 3.75. The van der Waals surface area contributed by atoms with E-state index in [0.717, 1.165) is 12.0 Å². The lowest BCUT2D eigenvalue weighted by Crippen LogP contribution is -2.53. The predicted molar refractivity (Wildman–Crippen MR) is 137 cm³/mol. The van der Waals surface area contributed by atoms with Crippen LogP contribution in [-0.4, -0.2) is 42.5 Å². The number of carbonyl (C=O) groups is 2. The number of carbonyl (C=O) groups excluding carboxylic acids is 2. The summed E-state index contributed by atoms with van der Waals surface area (Å²) in [6.07, 6.45) is 1.08. The fraction of sp³-hybridized carbons (Fsp3) is 0.310. The number of amides is 2. The molecule has 3 aromatic carbocycles. The zero-order valence-electron chi connectivity index (χ0n) is 20.9. The number of hydrogen-bond donors (Lipinski definition) is 1. The minimum absolute atomic E-state index is 0.0524. The van der Waals surface area contributed by atoms with Crippen molar-refractivity contribution >= 4 is 11.8 Å². The second-order valence-corrected chi connectivity index (χ2v) is 8.61. The Hall–Kier alpha value is -3.87. The molecular weight excluding hydrogens is 459 g/mol. The maximum atomic E-state index is 13.6. The SMILES string of the molecule is CC[C@@H](C)NC(=O)[C@H](Cc1ccccc1)N(Cc1ccc(F)cc1)C(=O)COc1ccccc1OC. The van der Waals surface area contributed by atoms with Gasteiger partial charge >= 0.3 is 0 Å². The van der Waals surface area contributed by atoms with Gasteiger partial charge in [0, 0.05) is 19.0 Å². The minimum Gasteiger partial charge on any atom is -0.493 e. The third kappa shape index (κ3) is 7.57. The number of ether oxygens (including phenoxy) is 2. The molecule has 0 aliphatic rings. The molecule has 1 N–H and O–H groups in total. The molecule has 3 aromatic rings. The van der Waals surface area contributed by atoms with Crippen molar-refractivity contribution in [1.82, 2.24) is 10.2 Å². The van der Waals surface area contributed by atoms with Gasteiger partial charge in [-0.05, 0) is 48.7 Å². The quantitative estimate of drug-likeness (QED) is 0.396. The lowest BCUT2D eigenvalue weighted by atomic mass is 10.0. The van der Waals surface area contributed by atoms with Crippen molar-refractivity contribution in [2.24, 2.45) is 0 Å². The first kappa shape index (κ1) is 26.7. The minimum atomic E-state index is -0.791. The fourth-order valence-electron chi connectivity index (χ4n) is 3.74. The van der Waals surface area contributed by atoms with E-state index in [1.165, 1.54) is 24.1 Å². The summed E-state index contributed by atoms with van der Waals surface area (Å²) in [5.41, 5.74) is 1.63. The molecular formula is C29H33FN2O4. The second kappa shape index (κ2) is 13.3. The second-order valence-electron chi connectivity index (χ2n) is 8.61.